The fraction of sp³-hybridized carbons (Fsp3) is 1.00. The molecule has 0 saturated carbocycles. The van der Waals surface area contributed by atoms with Crippen LogP contribution in [-0.2, 0) is 18.1 Å². The van der Waals surface area contributed by atoms with E-state index in [4.69, 9.17) is 48.4 Å². The summed E-state index contributed by atoms with van der Waals surface area (Å²) in [6.07, 6.45) is -1.13. The van der Waals surface area contributed by atoms with Crippen LogP contribution in [0.4, 0.5) is 0 Å². The third-order valence-electron chi connectivity index (χ3n) is 2.22. The fourth-order valence-corrected chi connectivity index (χ4v) is 4.53. The van der Waals surface area contributed by atoms with Crippen molar-refractivity contribution in [2.45, 2.75) is 26.1 Å². The summed E-state index contributed by atoms with van der Waals surface area (Å²) in [4.78, 5) is 0. The van der Waals surface area contributed by atoms with E-state index in [0.717, 1.165) is 0 Å². The molecule has 2 unspecified atom stereocenters. The molecule has 0 aliphatic carbocycles. The molecular weight excluding hydrogens is 493 g/mol. The number of alkyl halides is 5. The van der Waals surface area contributed by atoms with E-state index in [1.165, 1.54) is 0 Å². The second kappa shape index (κ2) is 11.5. The average Bonchev–Trinajstić information content (AvgIpc) is 2.48. The van der Waals surface area contributed by atoms with Crippen molar-refractivity contribution in [3.05, 3.63) is 0 Å². The maximum Gasteiger partial charge on any atom is 0.475 e. The van der Waals surface area contributed by atoms with Crippen LogP contribution in [0.15, 0.2) is 0 Å². The summed E-state index contributed by atoms with van der Waals surface area (Å²) in [6, 6.07) is 0. The predicted molar refractivity (Wildman–Crippen MR) is 96.8 cm³/mol. The van der Waals surface area contributed by atoms with Crippen LogP contribution in [0.25, 0.3) is 0 Å². The SMILES string of the molecule is CC(C)(CBr)COP(=O)(OC(CCl)CCl)OC(CCl)CBr. The minimum atomic E-state index is -3.81. The predicted octanol–water partition coefficient (Wildman–Crippen LogP) is 5.41. The number of phosphoric ester groups is 1. The van der Waals surface area contributed by atoms with Gasteiger partial charge in [-0.25, -0.2) is 4.57 Å². The molecule has 0 radical (unpaired) electrons. The Bertz CT molecular complexity index is 311. The van der Waals surface area contributed by atoms with Gasteiger partial charge in [0.1, 0.15) is 0 Å². The third kappa shape index (κ3) is 9.73. The molecule has 4 nitrogen and oxygen atoms in total. The summed E-state index contributed by atoms with van der Waals surface area (Å²) < 4.78 is 29.0. The first-order chi connectivity index (χ1) is 9.75. The minimum Gasteiger partial charge on any atom is -0.286 e. The van der Waals surface area contributed by atoms with Crippen LogP contribution in [0.2, 0.25) is 0 Å². The normalized spacial score (nSPS) is 17.0. The lowest BCUT2D eigenvalue weighted by Crippen LogP contribution is -2.25. The fourth-order valence-electron chi connectivity index (χ4n) is 0.938. The van der Waals surface area contributed by atoms with Crippen LogP contribution in [0, 0.1) is 5.41 Å². The van der Waals surface area contributed by atoms with Crippen molar-refractivity contribution in [1.29, 1.82) is 0 Å². The summed E-state index contributed by atoms with van der Waals surface area (Å²) >= 11 is 23.8. The summed E-state index contributed by atoms with van der Waals surface area (Å²) in [5.41, 5.74) is -0.231. The average molecular weight is 513 g/mol. The Morgan fingerprint density at radius 1 is 1.05 bits per heavy atom. The second-order valence-electron chi connectivity index (χ2n) is 5.09. The van der Waals surface area contributed by atoms with Crippen molar-refractivity contribution >= 4 is 74.5 Å². The number of rotatable bonds is 12. The van der Waals surface area contributed by atoms with Crippen molar-refractivity contribution in [2.75, 3.05) is 34.9 Å². The van der Waals surface area contributed by atoms with Crippen molar-refractivity contribution in [2.24, 2.45) is 5.41 Å². The molecule has 0 bridgehead atoms. The third-order valence-corrected chi connectivity index (χ3v) is 7.05. The van der Waals surface area contributed by atoms with Gasteiger partial charge in [0.2, 0.25) is 0 Å². The molecule has 0 rings (SSSR count). The topological polar surface area (TPSA) is 44.8 Å². The highest BCUT2D eigenvalue weighted by Gasteiger charge is 2.35. The van der Waals surface area contributed by atoms with Crippen LogP contribution >= 0.6 is 74.5 Å². The highest BCUT2D eigenvalue weighted by molar-refractivity contribution is 9.09. The second-order valence-corrected chi connectivity index (χ2v) is 8.80. The molecule has 0 spiro atoms. The summed E-state index contributed by atoms with van der Waals surface area (Å²) in [5, 5.41) is 1.08. The maximum atomic E-state index is 12.8. The van der Waals surface area contributed by atoms with Crippen molar-refractivity contribution in [3.63, 3.8) is 0 Å². The van der Waals surface area contributed by atoms with E-state index in [2.05, 4.69) is 31.9 Å². The van der Waals surface area contributed by atoms with E-state index in [-0.39, 0.29) is 29.7 Å². The van der Waals surface area contributed by atoms with E-state index in [9.17, 15) is 4.57 Å². The minimum absolute atomic E-state index is 0.0852. The Hall–Kier alpha value is 1.94. The molecule has 0 amide bonds. The largest absolute Gasteiger partial charge is 0.475 e. The van der Waals surface area contributed by atoms with E-state index >= 15 is 0 Å². The lowest BCUT2D eigenvalue weighted by molar-refractivity contribution is 0.0581. The van der Waals surface area contributed by atoms with Crippen molar-refractivity contribution in [1.82, 2.24) is 0 Å². The monoisotopic (exact) mass is 510 g/mol. The number of phosphoric acid groups is 1. The van der Waals surface area contributed by atoms with Gasteiger partial charge in [-0.1, -0.05) is 45.7 Å². The summed E-state index contributed by atoms with van der Waals surface area (Å²) in [7, 11) is -3.81. The van der Waals surface area contributed by atoms with Crippen molar-refractivity contribution in [3.8, 4) is 0 Å². The molecule has 0 aromatic rings. The van der Waals surface area contributed by atoms with Gasteiger partial charge in [0, 0.05) is 10.7 Å². The number of hydrogen-bond donors (Lipinski definition) is 0. The van der Waals surface area contributed by atoms with Gasteiger partial charge in [0.15, 0.2) is 0 Å². The van der Waals surface area contributed by atoms with E-state index in [1.54, 1.807) is 0 Å². The molecule has 0 aromatic heterocycles. The zero-order valence-electron chi connectivity index (χ0n) is 11.9. The lowest BCUT2D eigenvalue weighted by atomic mass is 9.99. The number of hydrogen-bond acceptors (Lipinski definition) is 4. The van der Waals surface area contributed by atoms with Gasteiger partial charge in [-0.2, -0.15) is 0 Å². The molecule has 0 aromatic carbocycles. The van der Waals surface area contributed by atoms with Gasteiger partial charge in [-0.15, -0.1) is 34.8 Å². The van der Waals surface area contributed by atoms with Crippen LogP contribution in [0.1, 0.15) is 13.8 Å². The van der Waals surface area contributed by atoms with Gasteiger partial charge < -0.3 is 0 Å². The molecule has 0 N–H and O–H groups in total. The van der Waals surface area contributed by atoms with Crippen molar-refractivity contribution < 1.29 is 18.1 Å². The summed E-state index contributed by atoms with van der Waals surface area (Å²) in [5.74, 6) is 0.319. The first kappa shape index (κ1) is 22.9. The van der Waals surface area contributed by atoms with E-state index in [0.29, 0.717) is 10.7 Å². The molecule has 0 aliphatic rings. The molecule has 10 heteroatoms. The molecule has 21 heavy (non-hydrogen) atoms. The Morgan fingerprint density at radius 3 is 1.90 bits per heavy atom. The van der Waals surface area contributed by atoms with E-state index in [1.807, 2.05) is 13.8 Å². The zero-order valence-corrected chi connectivity index (χ0v) is 18.2. The molecule has 0 heterocycles. The van der Waals surface area contributed by atoms with Gasteiger partial charge in [0.05, 0.1) is 36.5 Å². The highest BCUT2D eigenvalue weighted by atomic mass is 79.9. The Morgan fingerprint density at radius 2 is 1.52 bits per heavy atom. The van der Waals surface area contributed by atoms with Crippen LogP contribution < -0.4 is 0 Å². The van der Waals surface area contributed by atoms with Gasteiger partial charge >= 0.3 is 7.82 Å². The molecule has 0 aliphatic heterocycles. The molecule has 0 saturated heterocycles. The Balaban J connectivity index is 4.93. The molecule has 0 fully saturated rings. The quantitative estimate of drug-likeness (QED) is 0.259. The maximum absolute atomic E-state index is 12.8. The Labute approximate surface area is 158 Å². The van der Waals surface area contributed by atoms with Gasteiger partial charge in [-0.05, 0) is 5.41 Å². The summed E-state index contributed by atoms with van der Waals surface area (Å²) in [6.45, 7) is 4.09. The van der Waals surface area contributed by atoms with Gasteiger partial charge in [-0.3, -0.25) is 13.6 Å². The molecular formula is C11H20Br2Cl3O4P. The van der Waals surface area contributed by atoms with E-state index < -0.39 is 20.0 Å². The Kier molecular flexibility index (Phi) is 12.5. The lowest BCUT2D eigenvalue weighted by Gasteiger charge is -2.28. The van der Waals surface area contributed by atoms with Gasteiger partial charge in [0.25, 0.3) is 0 Å². The van der Waals surface area contributed by atoms with Crippen LogP contribution in [0.5, 0.6) is 0 Å². The molecule has 2 atom stereocenters. The smallest absolute Gasteiger partial charge is 0.286 e. The first-order valence-corrected chi connectivity index (χ1v) is 11.5. The first-order valence-electron chi connectivity index (χ1n) is 6.17. The number of halogens is 5. The zero-order chi connectivity index (χ0) is 16.5. The van der Waals surface area contributed by atoms with Crippen LogP contribution in [0.3, 0.4) is 0 Å². The standard InChI is InChI=1S/C11H20Br2Cl3O4P/c1-11(2,7-13)8-18-21(17,19-9(3-12)4-14)20-10(5-15)6-16/h9-10H,3-8H2,1-2H3. The molecule has 128 valence electrons. The van der Waals surface area contributed by atoms with Crippen LogP contribution in [-0.4, -0.2) is 47.1 Å². The highest BCUT2D eigenvalue weighted by Crippen LogP contribution is 2.53.